The number of carbonyl (C=O) groups is 1. The van der Waals surface area contributed by atoms with Gasteiger partial charge in [-0.05, 0) is 36.3 Å². The number of carboxylic acids is 1. The van der Waals surface area contributed by atoms with Crippen LogP contribution < -0.4 is 0 Å². The number of carboxylic acid groups (broad SMARTS) is 1. The van der Waals surface area contributed by atoms with Gasteiger partial charge in [-0.2, -0.15) is 0 Å². The van der Waals surface area contributed by atoms with Crippen molar-refractivity contribution >= 4 is 5.97 Å². The highest BCUT2D eigenvalue weighted by molar-refractivity contribution is 5.78. The van der Waals surface area contributed by atoms with Gasteiger partial charge in [0.05, 0.1) is 5.41 Å². The summed E-state index contributed by atoms with van der Waals surface area (Å²) >= 11 is 0. The van der Waals surface area contributed by atoms with Gasteiger partial charge in [-0.3, -0.25) is 4.79 Å². The molecule has 0 saturated heterocycles. The zero-order valence-corrected chi connectivity index (χ0v) is 9.86. The lowest BCUT2D eigenvalue weighted by molar-refractivity contribution is -0.143. The van der Waals surface area contributed by atoms with Crippen molar-refractivity contribution in [2.75, 3.05) is 0 Å². The standard InChI is InChI=1S/C14H18O2/c1-10(2)12-5-3-4-11(8-12)9-14(6-7-14)13(15)16/h3-5,8,10H,6-7,9H2,1-2H3,(H,15,16). The summed E-state index contributed by atoms with van der Waals surface area (Å²) in [6.07, 6.45) is 2.34. The van der Waals surface area contributed by atoms with Crippen molar-refractivity contribution in [3.05, 3.63) is 35.4 Å². The SMILES string of the molecule is CC(C)c1cccc(CC2(C(=O)O)CC2)c1. The number of hydrogen-bond acceptors (Lipinski definition) is 1. The first-order valence-corrected chi connectivity index (χ1v) is 5.86. The zero-order valence-electron chi connectivity index (χ0n) is 9.86. The summed E-state index contributed by atoms with van der Waals surface area (Å²) < 4.78 is 0. The molecule has 1 aromatic carbocycles. The molecule has 1 aromatic rings. The van der Waals surface area contributed by atoms with Gasteiger partial charge in [-0.1, -0.05) is 38.1 Å². The highest BCUT2D eigenvalue weighted by atomic mass is 16.4. The first-order valence-electron chi connectivity index (χ1n) is 5.86. The molecule has 1 N–H and O–H groups in total. The second-order valence-electron chi connectivity index (χ2n) is 5.16. The molecular formula is C14H18O2. The summed E-state index contributed by atoms with van der Waals surface area (Å²) in [6, 6.07) is 8.32. The monoisotopic (exact) mass is 218 g/mol. The van der Waals surface area contributed by atoms with E-state index < -0.39 is 11.4 Å². The largest absolute Gasteiger partial charge is 0.481 e. The van der Waals surface area contributed by atoms with Crippen LogP contribution in [-0.4, -0.2) is 11.1 Å². The van der Waals surface area contributed by atoms with Crippen molar-refractivity contribution in [1.29, 1.82) is 0 Å². The van der Waals surface area contributed by atoms with Gasteiger partial charge in [0.25, 0.3) is 0 Å². The van der Waals surface area contributed by atoms with Crippen molar-refractivity contribution in [2.45, 2.75) is 39.0 Å². The van der Waals surface area contributed by atoms with Gasteiger partial charge in [0, 0.05) is 0 Å². The van der Waals surface area contributed by atoms with Crippen molar-refractivity contribution in [2.24, 2.45) is 5.41 Å². The molecular weight excluding hydrogens is 200 g/mol. The molecule has 2 rings (SSSR count). The number of aliphatic carboxylic acids is 1. The van der Waals surface area contributed by atoms with Crippen molar-refractivity contribution in [3.63, 3.8) is 0 Å². The van der Waals surface area contributed by atoms with Gasteiger partial charge in [-0.15, -0.1) is 0 Å². The van der Waals surface area contributed by atoms with Gasteiger partial charge in [0.1, 0.15) is 0 Å². The van der Waals surface area contributed by atoms with Crippen molar-refractivity contribution in [1.82, 2.24) is 0 Å². The quantitative estimate of drug-likeness (QED) is 0.842. The van der Waals surface area contributed by atoms with E-state index in [1.54, 1.807) is 0 Å². The molecule has 1 aliphatic carbocycles. The molecule has 1 fully saturated rings. The second-order valence-corrected chi connectivity index (χ2v) is 5.16. The third-order valence-corrected chi connectivity index (χ3v) is 3.47. The summed E-state index contributed by atoms with van der Waals surface area (Å²) in [6.45, 7) is 4.31. The number of hydrogen-bond donors (Lipinski definition) is 1. The molecule has 0 radical (unpaired) electrons. The minimum absolute atomic E-state index is 0.449. The molecule has 0 aromatic heterocycles. The van der Waals surface area contributed by atoms with E-state index in [1.165, 1.54) is 5.56 Å². The summed E-state index contributed by atoms with van der Waals surface area (Å²) in [5, 5.41) is 9.14. The molecule has 2 nitrogen and oxygen atoms in total. The van der Waals surface area contributed by atoms with E-state index in [0.717, 1.165) is 18.4 Å². The minimum Gasteiger partial charge on any atom is -0.481 e. The third-order valence-electron chi connectivity index (χ3n) is 3.47. The van der Waals surface area contributed by atoms with Gasteiger partial charge in [0.15, 0.2) is 0 Å². The normalized spacial score (nSPS) is 17.4. The molecule has 0 heterocycles. The van der Waals surface area contributed by atoms with E-state index in [1.807, 2.05) is 12.1 Å². The summed E-state index contributed by atoms with van der Waals surface area (Å²) in [5.74, 6) is -0.137. The van der Waals surface area contributed by atoms with Crippen LogP contribution in [0, 0.1) is 5.41 Å². The Morgan fingerprint density at radius 1 is 1.44 bits per heavy atom. The Bertz CT molecular complexity index is 403. The topological polar surface area (TPSA) is 37.3 Å². The molecule has 1 saturated carbocycles. The van der Waals surface area contributed by atoms with Crippen LogP contribution >= 0.6 is 0 Å². The Hall–Kier alpha value is -1.31. The number of benzene rings is 1. The average molecular weight is 218 g/mol. The summed E-state index contributed by atoms with van der Waals surface area (Å²) in [5.41, 5.74) is 2.00. The Balaban J connectivity index is 2.16. The van der Waals surface area contributed by atoms with Crippen LogP contribution in [0.2, 0.25) is 0 Å². The fraction of sp³-hybridized carbons (Fsp3) is 0.500. The van der Waals surface area contributed by atoms with E-state index in [2.05, 4.69) is 26.0 Å². The van der Waals surface area contributed by atoms with Crippen LogP contribution in [0.1, 0.15) is 43.7 Å². The lowest BCUT2D eigenvalue weighted by Gasteiger charge is -2.12. The van der Waals surface area contributed by atoms with Crippen LogP contribution in [0.3, 0.4) is 0 Å². The fourth-order valence-electron chi connectivity index (χ4n) is 2.07. The fourth-order valence-corrected chi connectivity index (χ4v) is 2.07. The van der Waals surface area contributed by atoms with Crippen LogP contribution in [0.4, 0.5) is 0 Å². The first kappa shape index (κ1) is 11.2. The van der Waals surface area contributed by atoms with Crippen LogP contribution in [0.15, 0.2) is 24.3 Å². The van der Waals surface area contributed by atoms with Gasteiger partial charge in [0.2, 0.25) is 0 Å². The van der Waals surface area contributed by atoms with Gasteiger partial charge < -0.3 is 5.11 Å². The molecule has 0 unspecified atom stereocenters. The lowest BCUT2D eigenvalue weighted by Crippen LogP contribution is -2.17. The van der Waals surface area contributed by atoms with Gasteiger partial charge in [-0.25, -0.2) is 0 Å². The maximum atomic E-state index is 11.1. The summed E-state index contributed by atoms with van der Waals surface area (Å²) in [4.78, 5) is 11.1. The van der Waals surface area contributed by atoms with E-state index in [4.69, 9.17) is 5.11 Å². The molecule has 0 atom stereocenters. The van der Waals surface area contributed by atoms with Crippen molar-refractivity contribution < 1.29 is 9.90 Å². The molecule has 0 amide bonds. The first-order chi connectivity index (χ1) is 7.53. The molecule has 0 aliphatic heterocycles. The smallest absolute Gasteiger partial charge is 0.309 e. The Kier molecular flexibility index (Phi) is 2.75. The minimum atomic E-state index is -0.637. The maximum Gasteiger partial charge on any atom is 0.309 e. The molecule has 0 bridgehead atoms. The second kappa shape index (κ2) is 3.93. The lowest BCUT2D eigenvalue weighted by atomic mass is 9.93. The van der Waals surface area contributed by atoms with E-state index in [0.29, 0.717) is 12.3 Å². The van der Waals surface area contributed by atoms with E-state index in [-0.39, 0.29) is 0 Å². The highest BCUT2D eigenvalue weighted by Gasteiger charge is 2.49. The Morgan fingerprint density at radius 2 is 2.12 bits per heavy atom. The Morgan fingerprint density at radius 3 is 2.62 bits per heavy atom. The van der Waals surface area contributed by atoms with Gasteiger partial charge >= 0.3 is 5.97 Å². The average Bonchev–Trinajstić information content (AvgIpc) is 2.99. The molecule has 16 heavy (non-hydrogen) atoms. The molecule has 1 aliphatic rings. The van der Waals surface area contributed by atoms with Crippen LogP contribution in [-0.2, 0) is 11.2 Å². The predicted molar refractivity (Wildman–Crippen MR) is 63.5 cm³/mol. The van der Waals surface area contributed by atoms with Crippen LogP contribution in [0.25, 0.3) is 0 Å². The third kappa shape index (κ3) is 2.11. The predicted octanol–water partition coefficient (Wildman–Crippen LogP) is 3.22. The van der Waals surface area contributed by atoms with Crippen molar-refractivity contribution in [3.8, 4) is 0 Å². The van der Waals surface area contributed by atoms with Crippen LogP contribution in [0.5, 0.6) is 0 Å². The Labute approximate surface area is 96.3 Å². The molecule has 86 valence electrons. The van der Waals surface area contributed by atoms with E-state index >= 15 is 0 Å². The van der Waals surface area contributed by atoms with E-state index in [9.17, 15) is 4.79 Å². The molecule has 0 spiro atoms. The number of rotatable bonds is 4. The maximum absolute atomic E-state index is 11.1. The summed E-state index contributed by atoms with van der Waals surface area (Å²) in [7, 11) is 0. The highest BCUT2D eigenvalue weighted by Crippen LogP contribution is 2.48. The molecule has 2 heteroatoms. The zero-order chi connectivity index (χ0) is 11.8.